The van der Waals surface area contributed by atoms with Crippen molar-refractivity contribution in [3.05, 3.63) is 40.1 Å². The molecule has 230 valence electrons. The van der Waals surface area contributed by atoms with Gasteiger partial charge in [-0.15, -0.1) is 0 Å². The Labute approximate surface area is 255 Å². The highest BCUT2D eigenvalue weighted by molar-refractivity contribution is 6.30. The molecular formula is C31H40ClN7O4. The summed E-state index contributed by atoms with van der Waals surface area (Å²) >= 11 is 6.43. The van der Waals surface area contributed by atoms with Crippen LogP contribution in [-0.2, 0) is 16.0 Å². The molecule has 11 nitrogen and oxygen atoms in total. The molecule has 0 amide bonds. The summed E-state index contributed by atoms with van der Waals surface area (Å²) in [5.41, 5.74) is 3.58. The number of aromatic nitrogens is 6. The van der Waals surface area contributed by atoms with Gasteiger partial charge in [0.1, 0.15) is 5.69 Å². The fourth-order valence-corrected chi connectivity index (χ4v) is 6.79. The molecule has 1 saturated carbocycles. The zero-order valence-electron chi connectivity index (χ0n) is 25.3. The summed E-state index contributed by atoms with van der Waals surface area (Å²) in [5.74, 6) is 2.19. The number of nitrogens with zero attached hydrogens (tertiary/aromatic N) is 6. The summed E-state index contributed by atoms with van der Waals surface area (Å²) in [5, 5.41) is 4.42. The SMILES string of the molecule is COCCO[C@@H]1C[C@@H](C(C)C)N(c2nc3cc(-c4noc(=O)[nH]4)nc(-c4cncc(Cl)c4)c3n2CC2CCC(C)CC2)C1. The summed E-state index contributed by atoms with van der Waals surface area (Å²) < 4.78 is 18.7. The molecule has 0 radical (unpaired) electrons. The van der Waals surface area contributed by atoms with Crippen LogP contribution in [0.15, 0.2) is 33.8 Å². The maximum Gasteiger partial charge on any atom is 0.439 e. The minimum absolute atomic E-state index is 0.0804. The minimum Gasteiger partial charge on any atom is -0.382 e. The third-order valence-electron chi connectivity index (χ3n) is 8.91. The van der Waals surface area contributed by atoms with E-state index < -0.39 is 5.76 Å². The van der Waals surface area contributed by atoms with E-state index in [9.17, 15) is 4.79 Å². The van der Waals surface area contributed by atoms with Gasteiger partial charge in [-0.2, -0.15) is 0 Å². The number of aromatic amines is 1. The van der Waals surface area contributed by atoms with Gasteiger partial charge >= 0.3 is 5.76 Å². The third-order valence-corrected chi connectivity index (χ3v) is 9.12. The molecule has 0 aromatic carbocycles. The van der Waals surface area contributed by atoms with Crippen molar-refractivity contribution in [2.45, 2.75) is 71.6 Å². The first kappa shape index (κ1) is 29.8. The fourth-order valence-electron chi connectivity index (χ4n) is 6.62. The number of H-pyrrole nitrogens is 1. The van der Waals surface area contributed by atoms with Crippen molar-refractivity contribution in [1.82, 2.24) is 29.7 Å². The summed E-state index contributed by atoms with van der Waals surface area (Å²) in [6, 6.07) is 3.99. The Morgan fingerprint density at radius 2 is 1.95 bits per heavy atom. The van der Waals surface area contributed by atoms with Crippen molar-refractivity contribution in [2.24, 2.45) is 17.8 Å². The van der Waals surface area contributed by atoms with Crippen molar-refractivity contribution in [3.63, 3.8) is 0 Å². The van der Waals surface area contributed by atoms with E-state index in [2.05, 4.69) is 45.4 Å². The minimum atomic E-state index is -0.642. The average Bonchev–Trinajstić information content (AvgIpc) is 3.71. The summed E-state index contributed by atoms with van der Waals surface area (Å²) in [6.45, 7) is 9.56. The Hall–Kier alpha value is -3.28. The van der Waals surface area contributed by atoms with Crippen LogP contribution in [0.4, 0.5) is 5.95 Å². The standard InChI is InChI=1S/C31H40ClN7O4/c1-18(2)26-12-23(42-10-9-41-4)17-38(26)30-35-24-13-25(29-36-31(40)43-37-29)34-27(21-11-22(32)15-33-14-21)28(24)39(30)16-20-7-5-19(3)6-8-20/h11,13-15,18-20,23,26H,5-10,12,16-17H2,1-4H3,(H,36,37,40)/t19?,20?,23-,26+/m1/s1. The monoisotopic (exact) mass is 609 g/mol. The lowest BCUT2D eigenvalue weighted by molar-refractivity contribution is 0.0259. The van der Waals surface area contributed by atoms with E-state index in [1.807, 2.05) is 12.1 Å². The lowest BCUT2D eigenvalue weighted by Gasteiger charge is -2.31. The van der Waals surface area contributed by atoms with Gasteiger partial charge < -0.3 is 18.9 Å². The quantitative estimate of drug-likeness (QED) is 0.229. The van der Waals surface area contributed by atoms with Crippen LogP contribution in [0, 0.1) is 17.8 Å². The zero-order chi connectivity index (χ0) is 30.1. The lowest BCUT2D eigenvalue weighted by Crippen LogP contribution is -2.36. The molecule has 4 aromatic rings. The lowest BCUT2D eigenvalue weighted by atomic mass is 9.83. The number of hydrogen-bond acceptors (Lipinski definition) is 9. The molecule has 1 aliphatic heterocycles. The van der Waals surface area contributed by atoms with Crippen molar-refractivity contribution in [1.29, 1.82) is 0 Å². The van der Waals surface area contributed by atoms with Gasteiger partial charge in [-0.05, 0) is 49.1 Å². The molecule has 1 saturated heterocycles. The molecule has 4 aromatic heterocycles. The van der Waals surface area contributed by atoms with Crippen LogP contribution in [-0.4, -0.2) is 68.7 Å². The predicted octanol–water partition coefficient (Wildman–Crippen LogP) is 5.58. The molecule has 0 spiro atoms. The number of ether oxygens (including phenoxy) is 2. The fraction of sp³-hybridized carbons (Fsp3) is 0.581. The molecule has 2 fully saturated rings. The maximum atomic E-state index is 11.8. The van der Waals surface area contributed by atoms with Crippen molar-refractivity contribution in [3.8, 4) is 22.8 Å². The number of hydrogen-bond donors (Lipinski definition) is 1. The molecule has 5 heterocycles. The van der Waals surface area contributed by atoms with Crippen LogP contribution in [0.3, 0.4) is 0 Å². The number of anilines is 1. The van der Waals surface area contributed by atoms with Crippen molar-refractivity contribution < 1.29 is 14.0 Å². The predicted molar refractivity (Wildman–Crippen MR) is 165 cm³/mol. The number of fused-ring (bicyclic) bond motifs is 1. The number of pyridine rings is 2. The molecule has 1 aliphatic carbocycles. The van der Waals surface area contributed by atoms with Crippen LogP contribution in [0.5, 0.6) is 0 Å². The first-order chi connectivity index (χ1) is 20.8. The first-order valence-electron chi connectivity index (χ1n) is 15.3. The first-order valence-corrected chi connectivity index (χ1v) is 15.6. The highest BCUT2D eigenvalue weighted by atomic mass is 35.5. The van der Waals surface area contributed by atoms with Crippen LogP contribution in [0.1, 0.15) is 52.9 Å². The van der Waals surface area contributed by atoms with Gasteiger partial charge in [0.15, 0.2) is 0 Å². The summed E-state index contributed by atoms with van der Waals surface area (Å²) in [4.78, 5) is 31.6. The van der Waals surface area contributed by atoms with Gasteiger partial charge in [0.05, 0.1) is 41.1 Å². The molecule has 2 atom stereocenters. The normalized spacial score (nSPS) is 22.7. The summed E-state index contributed by atoms with van der Waals surface area (Å²) in [6.07, 6.45) is 9.17. The Morgan fingerprint density at radius 3 is 2.65 bits per heavy atom. The second-order valence-electron chi connectivity index (χ2n) is 12.4. The van der Waals surface area contributed by atoms with E-state index >= 15 is 0 Å². The molecule has 2 aliphatic rings. The van der Waals surface area contributed by atoms with Gasteiger partial charge in [-0.3, -0.25) is 14.5 Å². The molecule has 1 N–H and O–H groups in total. The van der Waals surface area contributed by atoms with Crippen LogP contribution in [0.25, 0.3) is 33.8 Å². The van der Waals surface area contributed by atoms with Crippen molar-refractivity contribution in [2.75, 3.05) is 31.8 Å². The Kier molecular flexibility index (Phi) is 8.83. The van der Waals surface area contributed by atoms with E-state index in [1.54, 1.807) is 19.5 Å². The van der Waals surface area contributed by atoms with Crippen molar-refractivity contribution >= 4 is 28.6 Å². The Morgan fingerprint density at radius 1 is 1.14 bits per heavy atom. The molecule has 0 bridgehead atoms. The Bertz CT molecular complexity index is 1610. The van der Waals surface area contributed by atoms with Gasteiger partial charge in [-0.25, -0.2) is 14.8 Å². The van der Waals surface area contributed by atoms with E-state index in [1.165, 1.54) is 25.7 Å². The molecule has 12 heteroatoms. The highest BCUT2D eigenvalue weighted by Crippen LogP contribution is 2.39. The largest absolute Gasteiger partial charge is 0.439 e. The van der Waals surface area contributed by atoms with Gasteiger partial charge in [-0.1, -0.05) is 50.4 Å². The van der Waals surface area contributed by atoms with E-state index in [4.69, 9.17) is 35.6 Å². The number of rotatable bonds is 10. The topological polar surface area (TPSA) is 124 Å². The van der Waals surface area contributed by atoms with Crippen LogP contribution >= 0.6 is 11.6 Å². The summed E-state index contributed by atoms with van der Waals surface area (Å²) in [7, 11) is 1.69. The highest BCUT2D eigenvalue weighted by Gasteiger charge is 2.38. The molecule has 0 unspecified atom stereocenters. The number of methoxy groups -OCH3 is 1. The number of nitrogens with one attached hydrogen (secondary N) is 1. The van der Waals surface area contributed by atoms with E-state index in [-0.39, 0.29) is 18.0 Å². The van der Waals surface area contributed by atoms with Gasteiger partial charge in [0.2, 0.25) is 11.8 Å². The Balaban J connectivity index is 1.53. The smallest absolute Gasteiger partial charge is 0.382 e. The molecule has 43 heavy (non-hydrogen) atoms. The number of imidazole rings is 1. The molecule has 6 rings (SSSR count). The van der Waals surface area contributed by atoms with Crippen LogP contribution in [0.2, 0.25) is 5.02 Å². The van der Waals surface area contributed by atoms with E-state index in [0.717, 1.165) is 48.0 Å². The molecular weight excluding hydrogens is 570 g/mol. The zero-order valence-corrected chi connectivity index (χ0v) is 26.0. The van der Waals surface area contributed by atoms with Crippen LogP contribution < -0.4 is 10.7 Å². The van der Waals surface area contributed by atoms with Gasteiger partial charge in [0, 0.05) is 44.2 Å². The van der Waals surface area contributed by atoms with Gasteiger partial charge in [0.25, 0.3) is 0 Å². The van der Waals surface area contributed by atoms with E-state index in [0.29, 0.717) is 41.5 Å². The third kappa shape index (κ3) is 6.34. The second-order valence-corrected chi connectivity index (χ2v) is 12.8. The maximum absolute atomic E-state index is 11.8. The second kappa shape index (κ2) is 12.8. The number of halogens is 1. The average molecular weight is 610 g/mol.